The molecule has 0 saturated heterocycles. The number of fused-ring (bicyclic) bond motifs is 1. The molecule has 0 saturated carbocycles. The predicted molar refractivity (Wildman–Crippen MR) is 52.7 cm³/mol. The van der Waals surface area contributed by atoms with Crippen LogP contribution in [0, 0.1) is 0 Å². The van der Waals surface area contributed by atoms with E-state index in [-0.39, 0.29) is 6.73 Å². The summed E-state index contributed by atoms with van der Waals surface area (Å²) in [4.78, 5) is 11.1. The number of carbonyl (C=O) groups excluding carboxylic acids is 1. The van der Waals surface area contributed by atoms with E-state index in [0.717, 1.165) is 10.9 Å². The SMILES string of the molecule is NC(=O)c1cccc2c1ccn2CO. The summed E-state index contributed by atoms with van der Waals surface area (Å²) in [6.45, 7) is -0.105. The molecule has 4 nitrogen and oxygen atoms in total. The number of nitrogens with zero attached hydrogens (tertiary/aromatic N) is 1. The standard InChI is InChI=1S/C10H10N2O2/c11-10(14)8-2-1-3-9-7(8)4-5-12(9)6-13/h1-5,13H,6H2,(H2,11,14). The molecule has 4 heteroatoms. The number of rotatable bonds is 2. The van der Waals surface area contributed by atoms with Gasteiger partial charge in [-0.1, -0.05) is 6.07 Å². The largest absolute Gasteiger partial charge is 0.376 e. The third kappa shape index (κ3) is 1.16. The first-order valence-electron chi connectivity index (χ1n) is 4.22. The Kier molecular flexibility index (Phi) is 1.98. The van der Waals surface area contributed by atoms with Crippen molar-refractivity contribution in [2.24, 2.45) is 5.73 Å². The number of benzene rings is 1. The van der Waals surface area contributed by atoms with E-state index in [2.05, 4.69) is 0 Å². The van der Waals surface area contributed by atoms with Gasteiger partial charge in [0, 0.05) is 17.1 Å². The molecule has 0 spiro atoms. The fraction of sp³-hybridized carbons (Fsp3) is 0.100. The Morgan fingerprint density at radius 2 is 2.21 bits per heavy atom. The molecule has 2 aromatic rings. The first-order chi connectivity index (χ1) is 6.74. The molecule has 0 unspecified atom stereocenters. The van der Waals surface area contributed by atoms with Crippen LogP contribution < -0.4 is 5.73 Å². The van der Waals surface area contributed by atoms with Crippen LogP contribution in [-0.4, -0.2) is 15.6 Å². The number of aliphatic hydroxyl groups excluding tert-OH is 1. The molecule has 1 heterocycles. The van der Waals surface area contributed by atoms with Gasteiger partial charge in [-0.05, 0) is 18.2 Å². The molecule has 14 heavy (non-hydrogen) atoms. The third-order valence-electron chi connectivity index (χ3n) is 2.23. The third-order valence-corrected chi connectivity index (χ3v) is 2.23. The number of carbonyl (C=O) groups is 1. The Hall–Kier alpha value is -1.81. The highest BCUT2D eigenvalue weighted by atomic mass is 16.3. The Morgan fingerprint density at radius 3 is 2.86 bits per heavy atom. The second-order valence-corrected chi connectivity index (χ2v) is 3.03. The molecule has 1 amide bonds. The summed E-state index contributed by atoms with van der Waals surface area (Å²) in [5.74, 6) is -0.453. The number of amides is 1. The van der Waals surface area contributed by atoms with E-state index in [1.54, 1.807) is 29.0 Å². The molecule has 3 N–H and O–H groups in total. The zero-order chi connectivity index (χ0) is 10.1. The van der Waals surface area contributed by atoms with Crippen LogP contribution in [0.2, 0.25) is 0 Å². The van der Waals surface area contributed by atoms with Crippen molar-refractivity contribution in [1.82, 2.24) is 4.57 Å². The molecular formula is C10H10N2O2. The Morgan fingerprint density at radius 1 is 1.43 bits per heavy atom. The van der Waals surface area contributed by atoms with Gasteiger partial charge in [0.2, 0.25) is 5.91 Å². The number of hydrogen-bond donors (Lipinski definition) is 2. The highest BCUT2D eigenvalue weighted by molar-refractivity contribution is 6.05. The summed E-state index contributed by atoms with van der Waals surface area (Å²) in [6, 6.07) is 7.02. The smallest absolute Gasteiger partial charge is 0.249 e. The molecule has 0 atom stereocenters. The van der Waals surface area contributed by atoms with Crippen LogP contribution in [0.1, 0.15) is 10.4 Å². The summed E-state index contributed by atoms with van der Waals surface area (Å²) < 4.78 is 1.64. The van der Waals surface area contributed by atoms with Gasteiger partial charge in [0.1, 0.15) is 6.73 Å². The van der Waals surface area contributed by atoms with Crippen molar-refractivity contribution < 1.29 is 9.90 Å². The highest BCUT2D eigenvalue weighted by Gasteiger charge is 2.08. The predicted octanol–water partition coefficient (Wildman–Crippen LogP) is 0.690. The number of aromatic nitrogens is 1. The maximum atomic E-state index is 11.1. The quantitative estimate of drug-likeness (QED) is 0.731. The molecular weight excluding hydrogens is 180 g/mol. The van der Waals surface area contributed by atoms with E-state index in [4.69, 9.17) is 10.8 Å². The molecule has 0 aliphatic heterocycles. The summed E-state index contributed by atoms with van der Waals surface area (Å²) in [5, 5.41) is 9.77. The summed E-state index contributed by atoms with van der Waals surface area (Å²) >= 11 is 0. The van der Waals surface area contributed by atoms with E-state index in [9.17, 15) is 4.79 Å². The van der Waals surface area contributed by atoms with Crippen molar-refractivity contribution in [3.8, 4) is 0 Å². The lowest BCUT2D eigenvalue weighted by atomic mass is 10.1. The van der Waals surface area contributed by atoms with E-state index >= 15 is 0 Å². The topological polar surface area (TPSA) is 68.2 Å². The van der Waals surface area contributed by atoms with E-state index in [1.807, 2.05) is 6.07 Å². The second-order valence-electron chi connectivity index (χ2n) is 3.03. The minimum absolute atomic E-state index is 0.105. The van der Waals surface area contributed by atoms with Gasteiger partial charge in [0.15, 0.2) is 0 Å². The van der Waals surface area contributed by atoms with E-state index < -0.39 is 5.91 Å². The average Bonchev–Trinajstić information content (AvgIpc) is 2.59. The van der Waals surface area contributed by atoms with Gasteiger partial charge in [-0.15, -0.1) is 0 Å². The van der Waals surface area contributed by atoms with Crippen LogP contribution in [0.25, 0.3) is 10.9 Å². The highest BCUT2D eigenvalue weighted by Crippen LogP contribution is 2.19. The molecule has 0 radical (unpaired) electrons. The monoisotopic (exact) mass is 190 g/mol. The summed E-state index contributed by atoms with van der Waals surface area (Å²) in [6.07, 6.45) is 1.72. The minimum atomic E-state index is -0.453. The molecule has 0 aliphatic carbocycles. The van der Waals surface area contributed by atoms with E-state index in [0.29, 0.717) is 5.56 Å². The first-order valence-corrected chi connectivity index (χ1v) is 4.22. The van der Waals surface area contributed by atoms with Gasteiger partial charge in [-0.3, -0.25) is 4.79 Å². The fourth-order valence-corrected chi connectivity index (χ4v) is 1.56. The summed E-state index contributed by atoms with van der Waals surface area (Å²) in [5.41, 5.74) is 6.51. The molecule has 0 bridgehead atoms. The second kappa shape index (κ2) is 3.16. The molecule has 72 valence electrons. The van der Waals surface area contributed by atoms with Crippen molar-refractivity contribution in [3.05, 3.63) is 36.0 Å². The maximum Gasteiger partial charge on any atom is 0.249 e. The van der Waals surface area contributed by atoms with Gasteiger partial charge in [0.25, 0.3) is 0 Å². The van der Waals surface area contributed by atoms with Crippen molar-refractivity contribution >= 4 is 16.8 Å². The van der Waals surface area contributed by atoms with E-state index in [1.165, 1.54) is 0 Å². The van der Waals surface area contributed by atoms with Crippen LogP contribution in [0.15, 0.2) is 30.5 Å². The van der Waals surface area contributed by atoms with Crippen molar-refractivity contribution in [2.45, 2.75) is 6.73 Å². The van der Waals surface area contributed by atoms with Crippen molar-refractivity contribution in [3.63, 3.8) is 0 Å². The van der Waals surface area contributed by atoms with Gasteiger partial charge in [-0.2, -0.15) is 0 Å². The normalized spacial score (nSPS) is 10.6. The fourth-order valence-electron chi connectivity index (χ4n) is 1.56. The van der Waals surface area contributed by atoms with Gasteiger partial charge >= 0.3 is 0 Å². The van der Waals surface area contributed by atoms with Crippen molar-refractivity contribution in [2.75, 3.05) is 0 Å². The lowest BCUT2D eigenvalue weighted by molar-refractivity contribution is 0.100. The van der Waals surface area contributed by atoms with Crippen LogP contribution in [0.4, 0.5) is 0 Å². The van der Waals surface area contributed by atoms with Gasteiger partial charge in [-0.25, -0.2) is 0 Å². The maximum absolute atomic E-state index is 11.1. The molecule has 0 aliphatic rings. The Labute approximate surface area is 80.6 Å². The number of hydrogen-bond acceptors (Lipinski definition) is 2. The molecule has 1 aromatic carbocycles. The van der Waals surface area contributed by atoms with Crippen LogP contribution >= 0.6 is 0 Å². The van der Waals surface area contributed by atoms with Crippen LogP contribution in [0.5, 0.6) is 0 Å². The Balaban J connectivity index is 2.76. The summed E-state index contributed by atoms with van der Waals surface area (Å²) in [7, 11) is 0. The lowest BCUT2D eigenvalue weighted by Gasteiger charge is -2.01. The van der Waals surface area contributed by atoms with Gasteiger partial charge < -0.3 is 15.4 Å². The van der Waals surface area contributed by atoms with Crippen LogP contribution in [-0.2, 0) is 6.73 Å². The molecule has 1 aromatic heterocycles. The number of aliphatic hydroxyl groups is 1. The lowest BCUT2D eigenvalue weighted by Crippen LogP contribution is -2.11. The molecule has 0 fully saturated rings. The first kappa shape index (κ1) is 8.77. The molecule has 2 rings (SSSR count). The Bertz CT molecular complexity index is 488. The zero-order valence-corrected chi connectivity index (χ0v) is 7.47. The van der Waals surface area contributed by atoms with Crippen molar-refractivity contribution in [1.29, 1.82) is 0 Å². The van der Waals surface area contributed by atoms with Gasteiger partial charge in [0.05, 0.1) is 5.52 Å². The zero-order valence-electron chi connectivity index (χ0n) is 7.47. The number of nitrogens with two attached hydrogens (primary N) is 1. The average molecular weight is 190 g/mol. The minimum Gasteiger partial charge on any atom is -0.376 e. The number of primary amides is 1. The van der Waals surface area contributed by atoms with Crippen LogP contribution in [0.3, 0.4) is 0 Å².